The monoisotopic (exact) mass is 281 g/mol. The van der Waals surface area contributed by atoms with Crippen LogP contribution in [-0.4, -0.2) is 0 Å². The molecule has 0 aliphatic carbocycles. The first kappa shape index (κ1) is 15.6. The fraction of sp³-hybridized carbons (Fsp3) is 0.400. The van der Waals surface area contributed by atoms with E-state index < -0.39 is 0 Å². The summed E-state index contributed by atoms with van der Waals surface area (Å²) in [7, 11) is 0. The van der Waals surface area contributed by atoms with Gasteiger partial charge in [0, 0.05) is 11.4 Å². The van der Waals surface area contributed by atoms with Crippen LogP contribution in [-0.2, 0) is 10.8 Å². The van der Waals surface area contributed by atoms with Crippen LogP contribution in [0, 0.1) is 0 Å². The van der Waals surface area contributed by atoms with Crippen LogP contribution in [0.3, 0.4) is 0 Å². The molecule has 1 heteroatoms. The molecule has 0 radical (unpaired) electrons. The van der Waals surface area contributed by atoms with Gasteiger partial charge in [0.2, 0.25) is 0 Å². The van der Waals surface area contributed by atoms with Crippen LogP contribution in [0.5, 0.6) is 0 Å². The fourth-order valence-corrected chi connectivity index (χ4v) is 2.42. The van der Waals surface area contributed by atoms with Crippen molar-refractivity contribution in [3.8, 4) is 0 Å². The van der Waals surface area contributed by atoms with E-state index in [2.05, 4.69) is 89.3 Å². The van der Waals surface area contributed by atoms with Crippen molar-refractivity contribution in [2.75, 3.05) is 5.32 Å². The first-order valence-electron chi connectivity index (χ1n) is 7.65. The second-order valence-electron chi connectivity index (χ2n) is 7.75. The minimum absolute atomic E-state index is 0.109. The Kier molecular flexibility index (Phi) is 4.13. The Labute approximate surface area is 129 Å². The average molecular weight is 281 g/mol. The Bertz CT molecular complexity index is 598. The Balaban J connectivity index is 2.46. The van der Waals surface area contributed by atoms with Gasteiger partial charge in [-0.05, 0) is 40.2 Å². The van der Waals surface area contributed by atoms with E-state index in [0.29, 0.717) is 0 Å². The minimum atomic E-state index is 0.109. The summed E-state index contributed by atoms with van der Waals surface area (Å²) in [6.07, 6.45) is 0. The van der Waals surface area contributed by atoms with E-state index in [1.165, 1.54) is 16.8 Å². The van der Waals surface area contributed by atoms with E-state index in [1.807, 2.05) is 6.07 Å². The summed E-state index contributed by atoms with van der Waals surface area (Å²) in [6, 6.07) is 17.2. The van der Waals surface area contributed by atoms with Gasteiger partial charge in [-0.15, -0.1) is 0 Å². The largest absolute Gasteiger partial charge is 0.355 e. The lowest BCUT2D eigenvalue weighted by molar-refractivity contribution is 0.570. The lowest BCUT2D eigenvalue weighted by Crippen LogP contribution is -2.17. The van der Waals surface area contributed by atoms with Crippen molar-refractivity contribution in [3.63, 3.8) is 0 Å². The molecular formula is C20H27N. The predicted octanol–water partition coefficient (Wildman–Crippen LogP) is 6.03. The van der Waals surface area contributed by atoms with Crippen molar-refractivity contribution in [1.82, 2.24) is 0 Å². The van der Waals surface area contributed by atoms with E-state index in [-0.39, 0.29) is 10.8 Å². The van der Waals surface area contributed by atoms with Crippen LogP contribution in [0.1, 0.15) is 52.7 Å². The molecule has 0 aromatic heterocycles. The molecule has 0 spiro atoms. The summed E-state index contributed by atoms with van der Waals surface area (Å²) >= 11 is 0. The van der Waals surface area contributed by atoms with Gasteiger partial charge in [0.25, 0.3) is 0 Å². The van der Waals surface area contributed by atoms with Crippen molar-refractivity contribution in [2.45, 2.75) is 52.4 Å². The number of para-hydroxylation sites is 1. The molecule has 2 rings (SSSR count). The fourth-order valence-electron chi connectivity index (χ4n) is 2.42. The van der Waals surface area contributed by atoms with E-state index in [0.717, 1.165) is 5.69 Å². The lowest BCUT2D eigenvalue weighted by atomic mass is 9.80. The molecule has 112 valence electrons. The normalized spacial score (nSPS) is 12.3. The summed E-state index contributed by atoms with van der Waals surface area (Å²) < 4.78 is 0. The topological polar surface area (TPSA) is 12.0 Å². The van der Waals surface area contributed by atoms with Crippen molar-refractivity contribution < 1.29 is 0 Å². The molecule has 0 aliphatic heterocycles. The van der Waals surface area contributed by atoms with E-state index in [1.54, 1.807) is 0 Å². The highest BCUT2D eigenvalue weighted by Gasteiger charge is 2.22. The third kappa shape index (κ3) is 3.87. The molecule has 0 saturated carbocycles. The molecule has 0 bridgehead atoms. The Morgan fingerprint density at radius 3 is 1.86 bits per heavy atom. The number of hydrogen-bond donors (Lipinski definition) is 1. The summed E-state index contributed by atoms with van der Waals surface area (Å²) in [5.74, 6) is 0. The second-order valence-corrected chi connectivity index (χ2v) is 7.75. The van der Waals surface area contributed by atoms with Gasteiger partial charge in [-0.1, -0.05) is 71.9 Å². The Morgan fingerprint density at radius 1 is 0.714 bits per heavy atom. The number of benzene rings is 2. The maximum absolute atomic E-state index is 3.56. The minimum Gasteiger partial charge on any atom is -0.355 e. The average Bonchev–Trinajstić information content (AvgIpc) is 2.38. The van der Waals surface area contributed by atoms with Crippen molar-refractivity contribution in [3.05, 3.63) is 59.7 Å². The van der Waals surface area contributed by atoms with Gasteiger partial charge in [-0.2, -0.15) is 0 Å². The smallest absolute Gasteiger partial charge is 0.0422 e. The molecule has 1 N–H and O–H groups in total. The maximum atomic E-state index is 3.56. The quantitative estimate of drug-likeness (QED) is 0.709. The van der Waals surface area contributed by atoms with Crippen LogP contribution < -0.4 is 5.32 Å². The van der Waals surface area contributed by atoms with Crippen LogP contribution in [0.2, 0.25) is 0 Å². The lowest BCUT2D eigenvalue weighted by Gasteiger charge is -2.28. The Hall–Kier alpha value is -1.76. The molecule has 0 heterocycles. The Morgan fingerprint density at radius 2 is 1.33 bits per heavy atom. The molecule has 0 atom stereocenters. The van der Waals surface area contributed by atoms with E-state index in [4.69, 9.17) is 0 Å². The number of nitrogens with one attached hydrogen (secondary N) is 1. The molecule has 2 aromatic rings. The van der Waals surface area contributed by atoms with Gasteiger partial charge in [0.05, 0.1) is 0 Å². The maximum Gasteiger partial charge on any atom is 0.0422 e. The van der Waals surface area contributed by atoms with Crippen LogP contribution in [0.25, 0.3) is 0 Å². The first-order chi connectivity index (χ1) is 9.68. The number of rotatable bonds is 2. The van der Waals surface area contributed by atoms with E-state index in [9.17, 15) is 0 Å². The van der Waals surface area contributed by atoms with Gasteiger partial charge in [0.1, 0.15) is 0 Å². The third-order valence-corrected chi connectivity index (χ3v) is 3.75. The van der Waals surface area contributed by atoms with Crippen molar-refractivity contribution >= 4 is 11.4 Å². The van der Waals surface area contributed by atoms with Gasteiger partial charge in [-0.25, -0.2) is 0 Å². The van der Waals surface area contributed by atoms with Gasteiger partial charge in [-0.3, -0.25) is 0 Å². The SMILES string of the molecule is CC(C)(C)c1ccc(Nc2ccccc2)c(C(C)(C)C)c1. The molecule has 0 fully saturated rings. The number of hydrogen-bond acceptors (Lipinski definition) is 1. The highest BCUT2D eigenvalue weighted by atomic mass is 14.9. The standard InChI is InChI=1S/C20H27N/c1-19(2,3)15-12-13-18(17(14-15)20(4,5)6)21-16-10-8-7-9-11-16/h7-14,21H,1-6H3. The zero-order valence-electron chi connectivity index (χ0n) is 14.1. The molecule has 0 amide bonds. The van der Waals surface area contributed by atoms with Gasteiger partial charge < -0.3 is 5.32 Å². The predicted molar refractivity (Wildman–Crippen MR) is 93.6 cm³/mol. The number of anilines is 2. The second kappa shape index (κ2) is 5.55. The summed E-state index contributed by atoms with van der Waals surface area (Å²) in [5, 5.41) is 3.56. The molecule has 0 unspecified atom stereocenters. The van der Waals surface area contributed by atoms with Crippen LogP contribution in [0.15, 0.2) is 48.5 Å². The molecule has 21 heavy (non-hydrogen) atoms. The summed E-state index contributed by atoms with van der Waals surface area (Å²) in [5.41, 5.74) is 5.35. The molecule has 0 saturated heterocycles. The van der Waals surface area contributed by atoms with Crippen molar-refractivity contribution in [1.29, 1.82) is 0 Å². The highest BCUT2D eigenvalue weighted by molar-refractivity contribution is 5.65. The zero-order valence-corrected chi connectivity index (χ0v) is 14.1. The molecule has 2 aromatic carbocycles. The van der Waals surface area contributed by atoms with Crippen molar-refractivity contribution in [2.24, 2.45) is 0 Å². The molecule has 0 aliphatic rings. The summed E-state index contributed by atoms with van der Waals surface area (Å²) in [6.45, 7) is 13.6. The van der Waals surface area contributed by atoms with Crippen LogP contribution >= 0.6 is 0 Å². The molecule has 1 nitrogen and oxygen atoms in total. The first-order valence-corrected chi connectivity index (χ1v) is 7.65. The molecular weight excluding hydrogens is 254 g/mol. The highest BCUT2D eigenvalue weighted by Crippen LogP contribution is 2.35. The van der Waals surface area contributed by atoms with Gasteiger partial charge in [0.15, 0.2) is 0 Å². The third-order valence-electron chi connectivity index (χ3n) is 3.75. The van der Waals surface area contributed by atoms with E-state index >= 15 is 0 Å². The van der Waals surface area contributed by atoms with Crippen LogP contribution in [0.4, 0.5) is 11.4 Å². The summed E-state index contributed by atoms with van der Waals surface area (Å²) in [4.78, 5) is 0. The zero-order chi connectivity index (χ0) is 15.7. The van der Waals surface area contributed by atoms with Gasteiger partial charge >= 0.3 is 0 Å².